The molecule has 1 aromatic rings. The summed E-state index contributed by atoms with van der Waals surface area (Å²) >= 11 is 0. The van der Waals surface area contributed by atoms with E-state index in [4.69, 9.17) is 4.55 Å². The van der Waals surface area contributed by atoms with Crippen molar-refractivity contribution in [1.29, 1.82) is 0 Å². The van der Waals surface area contributed by atoms with Crippen molar-refractivity contribution in [3.8, 4) is 0 Å². The minimum absolute atomic E-state index is 0.254. The van der Waals surface area contributed by atoms with Crippen molar-refractivity contribution in [2.75, 3.05) is 12.3 Å². The standard InChI is InChI=1S/C15H21NO6S2/c1-11-15(2,3)13-10-12(24(20,21)22)6-7-14(13)16(11)8-4-5-9-23(17,18)19/h6-7,10H,4-5,8-9H2,1-3H3,(H-,17,18,19,20,21,22). The second-order valence-electron chi connectivity index (χ2n) is 6.49. The molecule has 0 bridgehead atoms. The lowest BCUT2D eigenvalue weighted by atomic mass is 9.82. The molecule has 0 fully saturated rings. The van der Waals surface area contributed by atoms with Gasteiger partial charge in [-0.2, -0.15) is 13.0 Å². The third kappa shape index (κ3) is 3.85. The Balaban J connectivity index is 2.30. The number of hydrogen-bond donors (Lipinski definition) is 1. The zero-order valence-electron chi connectivity index (χ0n) is 13.8. The molecule has 0 spiro atoms. The fraction of sp³-hybridized carbons (Fsp3) is 0.533. The maximum absolute atomic E-state index is 11.3. The number of fused-ring (bicyclic) bond motifs is 1. The lowest BCUT2D eigenvalue weighted by Crippen LogP contribution is -2.27. The fourth-order valence-corrected chi connectivity index (χ4v) is 4.03. The molecule has 1 N–H and O–H groups in total. The lowest BCUT2D eigenvalue weighted by Gasteiger charge is -2.16. The van der Waals surface area contributed by atoms with Gasteiger partial charge in [-0.25, -0.2) is 8.42 Å². The van der Waals surface area contributed by atoms with Crippen LogP contribution in [0.3, 0.4) is 0 Å². The molecule has 7 nitrogen and oxygen atoms in total. The van der Waals surface area contributed by atoms with Crippen molar-refractivity contribution in [3.63, 3.8) is 0 Å². The molecular weight excluding hydrogens is 354 g/mol. The number of rotatable bonds is 6. The lowest BCUT2D eigenvalue weighted by molar-refractivity contribution is -0.439. The van der Waals surface area contributed by atoms with Gasteiger partial charge in [0.25, 0.3) is 10.1 Å². The highest BCUT2D eigenvalue weighted by Gasteiger charge is 2.43. The Morgan fingerprint density at radius 2 is 1.79 bits per heavy atom. The molecule has 0 aromatic heterocycles. The molecule has 1 aromatic carbocycles. The number of hydrogen-bond acceptors (Lipinski definition) is 5. The summed E-state index contributed by atoms with van der Waals surface area (Å²) in [6, 6.07) is 4.32. The van der Waals surface area contributed by atoms with Crippen LogP contribution in [0.5, 0.6) is 0 Å². The summed E-state index contributed by atoms with van der Waals surface area (Å²) in [5.74, 6) is -0.288. The zero-order chi connectivity index (χ0) is 18.3. The highest BCUT2D eigenvalue weighted by Crippen LogP contribution is 2.40. The Labute approximate surface area is 142 Å². The summed E-state index contributed by atoms with van der Waals surface area (Å²) in [6.45, 7) is 6.36. The largest absolute Gasteiger partial charge is 0.744 e. The van der Waals surface area contributed by atoms with Crippen LogP contribution >= 0.6 is 0 Å². The average molecular weight is 375 g/mol. The Morgan fingerprint density at radius 1 is 1.17 bits per heavy atom. The van der Waals surface area contributed by atoms with Gasteiger partial charge in [0.05, 0.1) is 16.1 Å². The van der Waals surface area contributed by atoms with Gasteiger partial charge in [0.2, 0.25) is 5.69 Å². The van der Waals surface area contributed by atoms with Gasteiger partial charge in [0, 0.05) is 25.0 Å². The van der Waals surface area contributed by atoms with Crippen LogP contribution in [0, 0.1) is 0 Å². The number of unbranched alkanes of at least 4 members (excludes halogenated alkanes) is 1. The van der Waals surface area contributed by atoms with E-state index < -0.39 is 25.7 Å². The molecule has 1 aliphatic rings. The Bertz CT molecular complexity index is 898. The van der Waals surface area contributed by atoms with Gasteiger partial charge in [0.15, 0.2) is 5.71 Å². The van der Waals surface area contributed by atoms with Crippen molar-refractivity contribution in [2.45, 2.75) is 43.9 Å². The Kier molecular flexibility index (Phi) is 4.93. The first-order valence-electron chi connectivity index (χ1n) is 7.51. The van der Waals surface area contributed by atoms with E-state index in [0.717, 1.165) is 17.0 Å². The maximum atomic E-state index is 11.3. The van der Waals surface area contributed by atoms with Crippen LogP contribution in [0.4, 0.5) is 5.69 Å². The van der Waals surface area contributed by atoms with Crippen LogP contribution in [-0.4, -0.2) is 48.5 Å². The van der Waals surface area contributed by atoms with Crippen LogP contribution < -0.4 is 0 Å². The van der Waals surface area contributed by atoms with Gasteiger partial charge < -0.3 is 4.55 Å². The molecule has 2 rings (SSSR count). The van der Waals surface area contributed by atoms with Gasteiger partial charge in [-0.05, 0) is 32.4 Å². The molecule has 0 aliphatic carbocycles. The molecule has 0 saturated heterocycles. The van der Waals surface area contributed by atoms with Crippen molar-refractivity contribution >= 4 is 31.6 Å². The Hall–Kier alpha value is -1.29. The van der Waals surface area contributed by atoms with Gasteiger partial charge in [-0.3, -0.25) is 4.55 Å². The van der Waals surface area contributed by atoms with Crippen molar-refractivity contribution in [3.05, 3.63) is 23.8 Å². The predicted octanol–water partition coefficient (Wildman–Crippen LogP) is 1.65. The summed E-state index contributed by atoms with van der Waals surface area (Å²) in [6.07, 6.45) is 0.875. The number of benzene rings is 1. The third-order valence-electron chi connectivity index (χ3n) is 4.56. The fourth-order valence-electron chi connectivity index (χ4n) is 2.96. The second kappa shape index (κ2) is 6.21. The van der Waals surface area contributed by atoms with E-state index in [1.165, 1.54) is 12.1 Å². The minimum atomic E-state index is -4.52. The van der Waals surface area contributed by atoms with E-state index in [1.54, 1.807) is 6.07 Å². The highest BCUT2D eigenvalue weighted by molar-refractivity contribution is 7.86. The van der Waals surface area contributed by atoms with Gasteiger partial charge in [0.1, 0.15) is 16.7 Å². The van der Waals surface area contributed by atoms with Crippen LogP contribution in [0.25, 0.3) is 0 Å². The van der Waals surface area contributed by atoms with E-state index in [0.29, 0.717) is 19.4 Å². The molecular formula is C15H21NO6S2. The third-order valence-corrected chi connectivity index (χ3v) is 6.20. The number of nitrogens with zero attached hydrogens (tertiary/aromatic N) is 1. The molecule has 1 aliphatic heterocycles. The van der Waals surface area contributed by atoms with E-state index >= 15 is 0 Å². The van der Waals surface area contributed by atoms with Crippen molar-refractivity contribution in [1.82, 2.24) is 0 Å². The maximum Gasteiger partial charge on any atom is 0.264 e. The molecule has 0 radical (unpaired) electrons. The Morgan fingerprint density at radius 3 is 2.33 bits per heavy atom. The van der Waals surface area contributed by atoms with Crippen molar-refractivity contribution in [2.24, 2.45) is 0 Å². The first-order chi connectivity index (χ1) is 10.8. The molecule has 1 heterocycles. The molecule has 0 saturated carbocycles. The molecule has 0 amide bonds. The molecule has 0 atom stereocenters. The van der Waals surface area contributed by atoms with E-state index in [-0.39, 0.29) is 10.6 Å². The van der Waals surface area contributed by atoms with Crippen LogP contribution in [-0.2, 0) is 25.7 Å². The van der Waals surface area contributed by atoms with Crippen molar-refractivity contribution < 1.29 is 30.5 Å². The summed E-state index contributed by atoms with van der Waals surface area (Å²) in [5.41, 5.74) is 2.13. The normalized spacial score (nSPS) is 17.2. The smallest absolute Gasteiger partial charge is 0.264 e. The highest BCUT2D eigenvalue weighted by atomic mass is 32.2. The van der Waals surface area contributed by atoms with Crippen LogP contribution in [0.2, 0.25) is 0 Å². The molecule has 9 heteroatoms. The van der Waals surface area contributed by atoms with E-state index in [9.17, 15) is 21.4 Å². The quantitative estimate of drug-likeness (QED) is 0.459. The minimum Gasteiger partial charge on any atom is -0.744 e. The van der Waals surface area contributed by atoms with Gasteiger partial charge >= 0.3 is 0 Å². The monoisotopic (exact) mass is 375 g/mol. The zero-order valence-corrected chi connectivity index (χ0v) is 15.4. The van der Waals surface area contributed by atoms with Gasteiger partial charge in [-0.1, -0.05) is 0 Å². The first-order valence-corrected chi connectivity index (χ1v) is 10.5. The van der Waals surface area contributed by atoms with E-state index in [1.807, 2.05) is 25.3 Å². The predicted molar refractivity (Wildman–Crippen MR) is 88.5 cm³/mol. The first kappa shape index (κ1) is 19.0. The average Bonchev–Trinajstić information content (AvgIpc) is 2.61. The van der Waals surface area contributed by atoms with E-state index in [2.05, 4.69) is 0 Å². The van der Waals surface area contributed by atoms with Crippen LogP contribution in [0.1, 0.15) is 39.2 Å². The molecule has 134 valence electrons. The molecule has 0 unspecified atom stereocenters. The summed E-state index contributed by atoms with van der Waals surface area (Å²) in [7, 11) is -8.48. The topological polar surface area (TPSA) is 115 Å². The molecule has 24 heavy (non-hydrogen) atoms. The SMILES string of the molecule is CC1=[N+](CCCCS(=O)(=O)O)c2ccc(S(=O)(=O)[O-])cc2C1(C)C. The second-order valence-corrected chi connectivity index (χ2v) is 9.44. The van der Waals surface area contributed by atoms with Gasteiger partial charge in [-0.15, -0.1) is 0 Å². The van der Waals surface area contributed by atoms with Crippen LogP contribution in [0.15, 0.2) is 23.1 Å². The summed E-state index contributed by atoms with van der Waals surface area (Å²) in [5, 5.41) is 0. The summed E-state index contributed by atoms with van der Waals surface area (Å²) < 4.78 is 66.1. The summed E-state index contributed by atoms with van der Waals surface area (Å²) in [4.78, 5) is -0.254.